The average molecular weight is 326 g/mol. The zero-order valence-electron chi connectivity index (χ0n) is 12.9. The van der Waals surface area contributed by atoms with Gasteiger partial charge in [0.1, 0.15) is 5.01 Å². The minimum Gasteiger partial charge on any atom is -0.288 e. The Kier molecular flexibility index (Phi) is 4.69. The standard InChI is InChI=1S/C18H18N2O2S/c1-2-3-4-12-5-7-13(8-6-12)18-19-15-10-9-14(17(21)20-22)11-16(15)23-18/h5-11,22H,2-4H2,1H3,(H,20,21). The summed E-state index contributed by atoms with van der Waals surface area (Å²) in [6.45, 7) is 2.20. The largest absolute Gasteiger partial charge is 0.288 e. The van der Waals surface area contributed by atoms with Crippen LogP contribution in [0.15, 0.2) is 42.5 Å². The number of unbranched alkanes of at least 4 members (excludes halogenated alkanes) is 1. The summed E-state index contributed by atoms with van der Waals surface area (Å²) in [6.07, 6.45) is 3.51. The van der Waals surface area contributed by atoms with Crippen LogP contribution in [-0.4, -0.2) is 16.1 Å². The Morgan fingerprint density at radius 1 is 1.22 bits per heavy atom. The number of hydrogen-bond acceptors (Lipinski definition) is 4. The van der Waals surface area contributed by atoms with E-state index >= 15 is 0 Å². The van der Waals surface area contributed by atoms with Crippen molar-refractivity contribution in [3.8, 4) is 10.6 Å². The highest BCUT2D eigenvalue weighted by molar-refractivity contribution is 7.21. The van der Waals surface area contributed by atoms with E-state index in [1.165, 1.54) is 18.4 Å². The Labute approximate surface area is 138 Å². The van der Waals surface area contributed by atoms with Crippen molar-refractivity contribution < 1.29 is 10.0 Å². The predicted molar refractivity (Wildman–Crippen MR) is 92.9 cm³/mol. The van der Waals surface area contributed by atoms with E-state index in [2.05, 4.69) is 36.2 Å². The van der Waals surface area contributed by atoms with Gasteiger partial charge in [-0.2, -0.15) is 0 Å². The molecule has 3 aromatic rings. The normalized spacial score (nSPS) is 10.9. The lowest BCUT2D eigenvalue weighted by Crippen LogP contribution is -2.18. The van der Waals surface area contributed by atoms with E-state index in [-0.39, 0.29) is 0 Å². The lowest BCUT2D eigenvalue weighted by molar-refractivity contribution is 0.0706. The van der Waals surface area contributed by atoms with Gasteiger partial charge in [0.2, 0.25) is 0 Å². The zero-order valence-corrected chi connectivity index (χ0v) is 13.7. The van der Waals surface area contributed by atoms with E-state index in [0.29, 0.717) is 5.56 Å². The van der Waals surface area contributed by atoms with Crippen LogP contribution < -0.4 is 5.48 Å². The number of nitrogens with zero attached hydrogens (tertiary/aromatic N) is 1. The first-order chi connectivity index (χ1) is 11.2. The van der Waals surface area contributed by atoms with Crippen molar-refractivity contribution in [1.29, 1.82) is 0 Å². The van der Waals surface area contributed by atoms with Gasteiger partial charge in [-0.05, 0) is 36.6 Å². The molecule has 0 aliphatic carbocycles. The molecule has 4 nitrogen and oxygen atoms in total. The van der Waals surface area contributed by atoms with Crippen LogP contribution in [0, 0.1) is 0 Å². The molecule has 0 aliphatic heterocycles. The SMILES string of the molecule is CCCCc1ccc(-c2nc3ccc(C(=O)NO)cc3s2)cc1. The van der Waals surface area contributed by atoms with Crippen LogP contribution in [0.3, 0.4) is 0 Å². The van der Waals surface area contributed by atoms with E-state index in [9.17, 15) is 4.79 Å². The molecule has 0 unspecified atom stereocenters. The average Bonchev–Trinajstić information content (AvgIpc) is 3.02. The summed E-state index contributed by atoms with van der Waals surface area (Å²) >= 11 is 1.54. The Morgan fingerprint density at radius 3 is 2.70 bits per heavy atom. The molecule has 23 heavy (non-hydrogen) atoms. The fourth-order valence-corrected chi connectivity index (χ4v) is 3.46. The second kappa shape index (κ2) is 6.89. The molecular weight excluding hydrogens is 308 g/mol. The van der Waals surface area contributed by atoms with E-state index in [0.717, 1.165) is 27.2 Å². The van der Waals surface area contributed by atoms with Gasteiger partial charge in [0.05, 0.1) is 10.2 Å². The maximum absolute atomic E-state index is 11.5. The number of amides is 1. The van der Waals surface area contributed by atoms with E-state index in [1.807, 2.05) is 0 Å². The van der Waals surface area contributed by atoms with Crippen LogP contribution in [-0.2, 0) is 6.42 Å². The molecular formula is C18H18N2O2S. The fraction of sp³-hybridized carbons (Fsp3) is 0.222. The van der Waals surface area contributed by atoms with Crippen molar-refractivity contribution >= 4 is 27.5 Å². The molecule has 2 N–H and O–H groups in total. The molecule has 0 spiro atoms. The maximum atomic E-state index is 11.5. The zero-order chi connectivity index (χ0) is 16.2. The summed E-state index contributed by atoms with van der Waals surface area (Å²) in [5.41, 5.74) is 5.36. The van der Waals surface area contributed by atoms with E-state index < -0.39 is 5.91 Å². The Bertz CT molecular complexity index is 825. The number of hydrogen-bond donors (Lipinski definition) is 2. The molecule has 118 valence electrons. The van der Waals surface area contributed by atoms with Gasteiger partial charge in [0.25, 0.3) is 5.91 Å². The van der Waals surface area contributed by atoms with Crippen molar-refractivity contribution in [1.82, 2.24) is 10.5 Å². The third kappa shape index (κ3) is 3.41. The predicted octanol–water partition coefficient (Wildman–Crippen LogP) is 4.42. The van der Waals surface area contributed by atoms with Crippen molar-refractivity contribution in [2.45, 2.75) is 26.2 Å². The summed E-state index contributed by atoms with van der Waals surface area (Å²) in [5.74, 6) is -0.512. The van der Waals surface area contributed by atoms with Crippen LogP contribution in [0.1, 0.15) is 35.7 Å². The molecule has 3 rings (SSSR count). The number of carbonyl (C=O) groups excluding carboxylic acids is 1. The summed E-state index contributed by atoms with van der Waals surface area (Å²) in [5, 5.41) is 9.65. The molecule has 0 aliphatic rings. The molecule has 1 heterocycles. The lowest BCUT2D eigenvalue weighted by atomic mass is 10.1. The van der Waals surface area contributed by atoms with Gasteiger partial charge in [0, 0.05) is 11.1 Å². The summed E-state index contributed by atoms with van der Waals surface area (Å²) in [6, 6.07) is 13.7. The van der Waals surface area contributed by atoms with Crippen LogP contribution in [0.25, 0.3) is 20.8 Å². The summed E-state index contributed by atoms with van der Waals surface area (Å²) in [4.78, 5) is 16.1. The molecule has 0 atom stereocenters. The molecule has 2 aromatic carbocycles. The van der Waals surface area contributed by atoms with Gasteiger partial charge in [-0.1, -0.05) is 37.6 Å². The van der Waals surface area contributed by atoms with Crippen molar-refractivity contribution in [3.05, 3.63) is 53.6 Å². The van der Waals surface area contributed by atoms with Gasteiger partial charge in [0.15, 0.2) is 0 Å². The van der Waals surface area contributed by atoms with Crippen LogP contribution in [0.2, 0.25) is 0 Å². The van der Waals surface area contributed by atoms with E-state index in [4.69, 9.17) is 5.21 Å². The molecule has 5 heteroatoms. The molecule has 1 amide bonds. The quantitative estimate of drug-likeness (QED) is 0.539. The summed E-state index contributed by atoms with van der Waals surface area (Å²) in [7, 11) is 0. The number of aryl methyl sites for hydroxylation is 1. The maximum Gasteiger partial charge on any atom is 0.274 e. The number of carbonyl (C=O) groups is 1. The second-order valence-corrected chi connectivity index (χ2v) is 6.47. The smallest absolute Gasteiger partial charge is 0.274 e. The highest BCUT2D eigenvalue weighted by Crippen LogP contribution is 2.31. The lowest BCUT2D eigenvalue weighted by Gasteiger charge is -2.01. The topological polar surface area (TPSA) is 62.2 Å². The summed E-state index contributed by atoms with van der Waals surface area (Å²) < 4.78 is 0.927. The number of aromatic nitrogens is 1. The highest BCUT2D eigenvalue weighted by atomic mass is 32.1. The fourth-order valence-electron chi connectivity index (χ4n) is 2.45. The van der Waals surface area contributed by atoms with Crippen molar-refractivity contribution in [2.75, 3.05) is 0 Å². The number of benzene rings is 2. The van der Waals surface area contributed by atoms with Crippen LogP contribution in [0.5, 0.6) is 0 Å². The number of rotatable bonds is 5. The third-order valence-corrected chi connectivity index (χ3v) is 4.84. The van der Waals surface area contributed by atoms with Crippen molar-refractivity contribution in [3.63, 3.8) is 0 Å². The minimum atomic E-state index is -0.512. The van der Waals surface area contributed by atoms with E-state index in [1.54, 1.807) is 35.0 Å². The first-order valence-corrected chi connectivity index (χ1v) is 8.47. The van der Waals surface area contributed by atoms with Gasteiger partial charge in [-0.25, -0.2) is 10.5 Å². The molecule has 0 fully saturated rings. The van der Waals surface area contributed by atoms with Gasteiger partial charge in [-0.3, -0.25) is 10.0 Å². The van der Waals surface area contributed by atoms with Gasteiger partial charge < -0.3 is 0 Å². The molecule has 0 bridgehead atoms. The van der Waals surface area contributed by atoms with Crippen LogP contribution >= 0.6 is 11.3 Å². The van der Waals surface area contributed by atoms with Gasteiger partial charge in [-0.15, -0.1) is 11.3 Å². The highest BCUT2D eigenvalue weighted by Gasteiger charge is 2.10. The number of hydroxylamine groups is 1. The van der Waals surface area contributed by atoms with Crippen LogP contribution in [0.4, 0.5) is 0 Å². The van der Waals surface area contributed by atoms with Crippen molar-refractivity contribution in [2.24, 2.45) is 0 Å². The first kappa shape index (κ1) is 15.6. The Hall–Kier alpha value is -2.24. The molecule has 1 aromatic heterocycles. The monoisotopic (exact) mass is 326 g/mol. The Morgan fingerprint density at radius 2 is 2.00 bits per heavy atom. The molecule has 0 radical (unpaired) electrons. The first-order valence-electron chi connectivity index (χ1n) is 7.65. The van der Waals surface area contributed by atoms with Gasteiger partial charge >= 0.3 is 0 Å². The Balaban J connectivity index is 1.89. The third-order valence-electron chi connectivity index (χ3n) is 3.77. The minimum absolute atomic E-state index is 0.421. The number of fused-ring (bicyclic) bond motifs is 1. The second-order valence-electron chi connectivity index (χ2n) is 5.44. The number of thiazole rings is 1. The molecule has 0 saturated heterocycles. The molecule has 0 saturated carbocycles. The number of nitrogens with one attached hydrogen (secondary N) is 1.